The van der Waals surface area contributed by atoms with Crippen LogP contribution in [0.4, 0.5) is 4.39 Å². The van der Waals surface area contributed by atoms with Gasteiger partial charge >= 0.3 is 0 Å². The van der Waals surface area contributed by atoms with E-state index in [4.69, 9.17) is 0 Å². The summed E-state index contributed by atoms with van der Waals surface area (Å²) >= 11 is 0. The molecule has 1 aromatic rings. The van der Waals surface area contributed by atoms with Crippen LogP contribution in [0.2, 0.25) is 0 Å². The summed E-state index contributed by atoms with van der Waals surface area (Å²) in [5, 5.41) is 0. The third kappa shape index (κ3) is 2.20. The number of halogens is 1. The van der Waals surface area contributed by atoms with Crippen molar-refractivity contribution in [2.75, 3.05) is 0 Å². The van der Waals surface area contributed by atoms with Gasteiger partial charge in [-0.15, -0.1) is 5.92 Å². The maximum Gasteiger partial charge on any atom is 0.128 e. The molecule has 0 aromatic heterocycles. The van der Waals surface area contributed by atoms with Crippen LogP contribution in [0.3, 0.4) is 0 Å². The van der Waals surface area contributed by atoms with Crippen molar-refractivity contribution in [1.82, 2.24) is 0 Å². The van der Waals surface area contributed by atoms with E-state index in [1.165, 1.54) is 6.07 Å². The molecule has 14 heavy (non-hydrogen) atoms. The number of carbonyl (C=O) groups is 1. The van der Waals surface area contributed by atoms with Crippen LogP contribution < -0.4 is 0 Å². The fourth-order valence-corrected chi connectivity index (χ4v) is 1.33. The molecule has 0 saturated carbocycles. The summed E-state index contributed by atoms with van der Waals surface area (Å²) in [6.07, 6.45) is 0.827. The molecule has 2 heteroatoms. The maximum atomic E-state index is 13.4. The molecule has 72 valence electrons. The number of aryl methyl sites for hydroxylation is 1. The van der Waals surface area contributed by atoms with Crippen molar-refractivity contribution < 1.29 is 9.18 Å². The van der Waals surface area contributed by atoms with Crippen molar-refractivity contribution in [3.8, 4) is 11.8 Å². The van der Waals surface area contributed by atoms with Crippen LogP contribution in [0.1, 0.15) is 23.6 Å². The Morgan fingerprint density at radius 2 is 2.21 bits per heavy atom. The fourth-order valence-electron chi connectivity index (χ4n) is 1.33. The standard InChI is InChI=1S/C12H11FO/c1-3-4-10-7-9(2)11(5-6-14)12(13)8-10/h6-8H,5H2,1-2H3. The average Bonchev–Trinajstić information content (AvgIpc) is 2.12. The number of hydrogen-bond acceptors (Lipinski definition) is 1. The molecular weight excluding hydrogens is 179 g/mol. The predicted octanol–water partition coefficient (Wildman–Crippen LogP) is 2.25. The lowest BCUT2D eigenvalue weighted by molar-refractivity contribution is -0.107. The monoisotopic (exact) mass is 190 g/mol. The largest absolute Gasteiger partial charge is 0.303 e. The Morgan fingerprint density at radius 1 is 1.50 bits per heavy atom. The molecular formula is C12H11FO. The van der Waals surface area contributed by atoms with Crippen LogP contribution >= 0.6 is 0 Å². The van der Waals surface area contributed by atoms with Gasteiger partial charge in [0.15, 0.2) is 0 Å². The molecule has 0 heterocycles. The molecule has 0 aliphatic heterocycles. The molecule has 1 rings (SSSR count). The number of benzene rings is 1. The van der Waals surface area contributed by atoms with Crippen LogP contribution in [0.5, 0.6) is 0 Å². The van der Waals surface area contributed by atoms with Gasteiger partial charge < -0.3 is 4.79 Å². The van der Waals surface area contributed by atoms with Crippen LogP contribution in [-0.2, 0) is 11.2 Å². The molecule has 1 nitrogen and oxygen atoms in total. The Labute approximate surface area is 82.9 Å². The van der Waals surface area contributed by atoms with Crippen molar-refractivity contribution in [1.29, 1.82) is 0 Å². The highest BCUT2D eigenvalue weighted by molar-refractivity contribution is 5.57. The van der Waals surface area contributed by atoms with Gasteiger partial charge in [-0.1, -0.05) is 5.92 Å². The minimum atomic E-state index is -0.352. The van der Waals surface area contributed by atoms with Crippen LogP contribution in [0.15, 0.2) is 12.1 Å². The van der Waals surface area contributed by atoms with E-state index in [-0.39, 0.29) is 12.2 Å². The zero-order chi connectivity index (χ0) is 10.6. The Kier molecular flexibility index (Phi) is 3.41. The second kappa shape index (κ2) is 4.57. The lowest BCUT2D eigenvalue weighted by Gasteiger charge is -2.04. The van der Waals surface area contributed by atoms with E-state index >= 15 is 0 Å². The number of aldehydes is 1. The minimum absolute atomic E-state index is 0.123. The van der Waals surface area contributed by atoms with Gasteiger partial charge in [-0.2, -0.15) is 0 Å². The highest BCUT2D eigenvalue weighted by Gasteiger charge is 2.06. The van der Waals surface area contributed by atoms with Gasteiger partial charge in [0.25, 0.3) is 0 Å². The molecule has 0 atom stereocenters. The first-order chi connectivity index (χ1) is 6.69. The number of carbonyl (C=O) groups excluding carboxylic acids is 1. The van der Waals surface area contributed by atoms with Gasteiger partial charge in [-0.25, -0.2) is 4.39 Å². The summed E-state index contributed by atoms with van der Waals surface area (Å²) in [6, 6.07) is 3.15. The van der Waals surface area contributed by atoms with Gasteiger partial charge in [0.05, 0.1) is 0 Å². The maximum absolute atomic E-state index is 13.4. The van der Waals surface area contributed by atoms with Crippen molar-refractivity contribution in [3.05, 3.63) is 34.6 Å². The first-order valence-corrected chi connectivity index (χ1v) is 4.34. The number of hydrogen-bond donors (Lipinski definition) is 0. The van der Waals surface area contributed by atoms with E-state index in [0.29, 0.717) is 17.4 Å². The summed E-state index contributed by atoms with van der Waals surface area (Å²) in [5.74, 6) is 5.13. The van der Waals surface area contributed by atoms with Crippen molar-refractivity contribution in [2.24, 2.45) is 0 Å². The Bertz CT molecular complexity index is 387. The molecule has 0 aliphatic rings. The number of rotatable bonds is 2. The minimum Gasteiger partial charge on any atom is -0.303 e. The molecule has 1 aromatic carbocycles. The lowest BCUT2D eigenvalue weighted by Crippen LogP contribution is -1.96. The second-order valence-electron chi connectivity index (χ2n) is 3.00. The van der Waals surface area contributed by atoms with Gasteiger partial charge in [0.1, 0.15) is 12.1 Å². The van der Waals surface area contributed by atoms with E-state index in [2.05, 4.69) is 11.8 Å². The van der Waals surface area contributed by atoms with Crippen LogP contribution in [0.25, 0.3) is 0 Å². The molecule has 0 spiro atoms. The molecule has 0 unspecified atom stereocenters. The summed E-state index contributed by atoms with van der Waals surface area (Å²) < 4.78 is 13.4. The molecule has 0 bridgehead atoms. The molecule has 0 aliphatic carbocycles. The Hall–Kier alpha value is -1.62. The van der Waals surface area contributed by atoms with E-state index in [1.807, 2.05) is 0 Å². The normalized spacial score (nSPS) is 9.07. The predicted molar refractivity (Wildman–Crippen MR) is 53.5 cm³/mol. The summed E-state index contributed by atoms with van der Waals surface area (Å²) in [4.78, 5) is 10.3. The highest BCUT2D eigenvalue weighted by Crippen LogP contribution is 2.15. The van der Waals surface area contributed by atoms with Crippen molar-refractivity contribution >= 4 is 6.29 Å². The fraction of sp³-hybridized carbons (Fsp3) is 0.250. The quantitative estimate of drug-likeness (QED) is 0.516. The smallest absolute Gasteiger partial charge is 0.128 e. The molecule has 0 radical (unpaired) electrons. The van der Waals surface area contributed by atoms with Gasteiger partial charge in [-0.3, -0.25) is 0 Å². The van der Waals surface area contributed by atoms with Gasteiger partial charge in [0, 0.05) is 12.0 Å². The average molecular weight is 190 g/mol. The van der Waals surface area contributed by atoms with E-state index in [1.54, 1.807) is 19.9 Å². The molecule has 0 N–H and O–H groups in total. The lowest BCUT2D eigenvalue weighted by atomic mass is 10.0. The van der Waals surface area contributed by atoms with Crippen LogP contribution in [-0.4, -0.2) is 6.29 Å². The zero-order valence-corrected chi connectivity index (χ0v) is 8.23. The highest BCUT2D eigenvalue weighted by atomic mass is 19.1. The first kappa shape index (κ1) is 10.5. The third-order valence-electron chi connectivity index (χ3n) is 1.98. The summed E-state index contributed by atoms with van der Waals surface area (Å²) in [6.45, 7) is 3.48. The third-order valence-corrected chi connectivity index (χ3v) is 1.98. The summed E-state index contributed by atoms with van der Waals surface area (Å²) in [7, 11) is 0. The zero-order valence-electron chi connectivity index (χ0n) is 8.23. The molecule has 0 fully saturated rings. The van der Waals surface area contributed by atoms with Gasteiger partial charge in [-0.05, 0) is 37.1 Å². The van der Waals surface area contributed by atoms with Crippen molar-refractivity contribution in [2.45, 2.75) is 20.3 Å². The first-order valence-electron chi connectivity index (χ1n) is 4.34. The molecule has 0 saturated heterocycles. The van der Waals surface area contributed by atoms with E-state index < -0.39 is 0 Å². The summed E-state index contributed by atoms with van der Waals surface area (Å²) in [5.41, 5.74) is 1.88. The van der Waals surface area contributed by atoms with Gasteiger partial charge in [0.2, 0.25) is 0 Å². The van der Waals surface area contributed by atoms with Crippen LogP contribution in [0, 0.1) is 24.6 Å². The Balaban J connectivity index is 3.21. The SMILES string of the molecule is CC#Cc1cc(C)c(CC=O)c(F)c1. The van der Waals surface area contributed by atoms with E-state index in [0.717, 1.165) is 5.56 Å². The topological polar surface area (TPSA) is 17.1 Å². The Morgan fingerprint density at radius 3 is 2.71 bits per heavy atom. The second-order valence-corrected chi connectivity index (χ2v) is 3.00. The molecule has 0 amide bonds. The van der Waals surface area contributed by atoms with E-state index in [9.17, 15) is 9.18 Å². The van der Waals surface area contributed by atoms with Crippen molar-refractivity contribution in [3.63, 3.8) is 0 Å².